The van der Waals surface area contributed by atoms with E-state index in [1.807, 2.05) is 0 Å². The zero-order valence-electron chi connectivity index (χ0n) is 24.2. The zero-order valence-corrected chi connectivity index (χ0v) is 24.2. The van der Waals surface area contributed by atoms with Crippen molar-refractivity contribution in [3.8, 4) is 0 Å². The summed E-state index contributed by atoms with van der Waals surface area (Å²) in [6, 6.07) is 0. The van der Waals surface area contributed by atoms with Gasteiger partial charge >= 0.3 is 5.97 Å². The molecule has 0 radical (unpaired) electrons. The first-order valence-electron chi connectivity index (χ1n) is 13.2. The largest absolute Gasteiger partial charge is 0.460 e. The summed E-state index contributed by atoms with van der Waals surface area (Å²) >= 11 is 0. The van der Waals surface area contributed by atoms with Gasteiger partial charge in [0.15, 0.2) is 6.54 Å². The Labute approximate surface area is 232 Å². The fourth-order valence-corrected chi connectivity index (χ4v) is 3.82. The van der Waals surface area contributed by atoms with Crippen molar-refractivity contribution in [3.63, 3.8) is 0 Å². The fourth-order valence-electron chi connectivity index (χ4n) is 3.82. The van der Waals surface area contributed by atoms with Gasteiger partial charge in [-0.2, -0.15) is 23.4 Å². The summed E-state index contributed by atoms with van der Waals surface area (Å²) in [6.45, 7) is 14.9. The molecule has 0 aromatic carbocycles. The molecule has 39 heavy (non-hydrogen) atoms. The molecule has 1 saturated heterocycles. The molecule has 0 bridgehead atoms. The molecule has 0 saturated carbocycles. The summed E-state index contributed by atoms with van der Waals surface area (Å²) < 4.78 is 25.3. The van der Waals surface area contributed by atoms with Gasteiger partial charge in [-0.1, -0.05) is 16.1 Å². The number of carbonyl (C=O) groups is 1. The molecule has 1 heterocycles. The maximum atomic E-state index is 11.0. The van der Waals surface area contributed by atoms with Crippen LogP contribution < -0.4 is 35.1 Å². The highest BCUT2D eigenvalue weighted by molar-refractivity contribution is 5.81. The average Bonchev–Trinajstić information content (AvgIpc) is 2.79. The minimum absolute atomic E-state index is 0.119. The number of quaternary nitrogens is 3. The van der Waals surface area contributed by atoms with Gasteiger partial charge in [0.05, 0.1) is 66.7 Å². The van der Waals surface area contributed by atoms with Gasteiger partial charge in [0, 0.05) is 38.7 Å². The predicted octanol–water partition coefficient (Wildman–Crippen LogP) is -1.71. The smallest absolute Gasteiger partial charge is 0.330 e. The predicted molar refractivity (Wildman–Crippen MR) is 142 cm³/mol. The van der Waals surface area contributed by atoms with Crippen LogP contribution in [0, 0.1) is 5.92 Å². The first-order chi connectivity index (χ1) is 18.0. The van der Waals surface area contributed by atoms with E-state index < -0.39 is 31.6 Å². The normalized spacial score (nSPS) is 15.7. The molecular weight excluding hydrogens is 514 g/mol. The standard InChI is InChI=1S/C23H54N9O7/c1-6-21(33)38-16-15-35-11-7-9-30(24,25)22(2,3)32(28,29)23(4,5)39-31(26,27)10-8-12-34-13-14-36-17-20-18-37-19-20/h6,20H,1,7-19,24-29H2,2-5H3/q+3. The SMILES string of the molecule is C=CC(=O)OCCOCCC[N+](N)(N)C(C)(C)[N+](N)(N)C(C)(C)O[N+](N)(N)CCCOCCOCC1COC1. The number of nitrogens with zero attached hydrogens (tertiary/aromatic N) is 3. The number of hydrogen-bond acceptors (Lipinski definition) is 13. The van der Waals surface area contributed by atoms with Crippen LogP contribution in [0.4, 0.5) is 0 Å². The van der Waals surface area contributed by atoms with Gasteiger partial charge in [0.1, 0.15) is 13.2 Å². The number of nitrogens with two attached hydrogens (primary N) is 6. The Morgan fingerprint density at radius 1 is 0.872 bits per heavy atom. The molecule has 0 spiro atoms. The first kappa shape index (κ1) is 35.7. The van der Waals surface area contributed by atoms with E-state index in [9.17, 15) is 4.79 Å². The van der Waals surface area contributed by atoms with Gasteiger partial charge in [0.2, 0.25) is 0 Å². The van der Waals surface area contributed by atoms with Crippen molar-refractivity contribution in [3.05, 3.63) is 12.7 Å². The fraction of sp³-hybridized carbons (Fsp3) is 0.870. The third kappa shape index (κ3) is 11.2. The Bertz CT molecular complexity index is 747. The maximum Gasteiger partial charge on any atom is 0.330 e. The van der Waals surface area contributed by atoms with Crippen molar-refractivity contribution in [2.75, 3.05) is 72.6 Å². The third-order valence-electron chi connectivity index (χ3n) is 6.89. The second kappa shape index (κ2) is 15.6. The van der Waals surface area contributed by atoms with E-state index in [-0.39, 0.29) is 26.3 Å². The van der Waals surface area contributed by atoms with E-state index in [2.05, 4.69) is 6.58 Å². The number of esters is 1. The number of hydroxylamine groups is 1. The highest BCUT2D eigenvalue weighted by atomic mass is 16.8. The van der Waals surface area contributed by atoms with Crippen molar-refractivity contribution in [2.45, 2.75) is 51.9 Å². The molecule has 16 nitrogen and oxygen atoms in total. The Balaban J connectivity index is 2.48. The highest BCUT2D eigenvalue weighted by Crippen LogP contribution is 2.32. The second-order valence-electron chi connectivity index (χ2n) is 10.8. The molecule has 1 fully saturated rings. The van der Waals surface area contributed by atoms with Gasteiger partial charge in [-0.05, 0) is 4.86 Å². The van der Waals surface area contributed by atoms with Gasteiger partial charge in [-0.25, -0.2) is 4.79 Å². The molecule has 0 atom stereocenters. The molecule has 0 aromatic heterocycles. The van der Waals surface area contributed by atoms with Crippen LogP contribution in [0.15, 0.2) is 12.7 Å². The molecule has 0 aliphatic carbocycles. The number of ether oxygens (including phenoxy) is 5. The number of rotatable bonds is 22. The lowest BCUT2D eigenvalue weighted by molar-refractivity contribution is -1.25. The van der Waals surface area contributed by atoms with E-state index in [0.29, 0.717) is 51.8 Å². The van der Waals surface area contributed by atoms with Gasteiger partial charge in [-0.15, -0.1) is 16.4 Å². The average molecular weight is 569 g/mol. The van der Waals surface area contributed by atoms with Gasteiger partial charge in [-0.3, -0.25) is 0 Å². The summed E-state index contributed by atoms with van der Waals surface area (Å²) in [4.78, 5) is 16.2. The van der Waals surface area contributed by atoms with E-state index >= 15 is 0 Å². The van der Waals surface area contributed by atoms with Crippen LogP contribution >= 0.6 is 0 Å². The summed E-state index contributed by atoms with van der Waals surface area (Å²) in [5.74, 6) is 38.5. The van der Waals surface area contributed by atoms with Crippen molar-refractivity contribution < 1.29 is 47.6 Å². The third-order valence-corrected chi connectivity index (χ3v) is 6.89. The summed E-state index contributed by atoms with van der Waals surface area (Å²) in [7, 11) is 0. The monoisotopic (exact) mass is 568 g/mol. The van der Waals surface area contributed by atoms with Crippen molar-refractivity contribution >= 4 is 5.97 Å². The minimum atomic E-state index is -1.32. The van der Waals surface area contributed by atoms with Gasteiger partial charge in [0.25, 0.3) is 11.4 Å². The van der Waals surface area contributed by atoms with Gasteiger partial charge < -0.3 is 23.7 Å². The summed E-state index contributed by atoms with van der Waals surface area (Å²) in [5.41, 5.74) is -2.49. The maximum absolute atomic E-state index is 11.0. The van der Waals surface area contributed by atoms with E-state index in [1.165, 1.54) is 0 Å². The molecule has 0 unspecified atom stereocenters. The van der Waals surface area contributed by atoms with Crippen molar-refractivity contribution in [1.29, 1.82) is 0 Å². The van der Waals surface area contributed by atoms with Crippen molar-refractivity contribution in [1.82, 2.24) is 0 Å². The Morgan fingerprint density at radius 3 is 1.95 bits per heavy atom. The lowest BCUT2D eigenvalue weighted by Gasteiger charge is -2.52. The molecule has 230 valence electrons. The Kier molecular flexibility index (Phi) is 14.3. The molecule has 1 aliphatic heterocycles. The number of hydrogen-bond donors (Lipinski definition) is 6. The molecule has 12 N–H and O–H groups in total. The topological polar surface area (TPSA) is 229 Å². The van der Waals surface area contributed by atoms with Crippen LogP contribution in [-0.2, 0) is 33.3 Å². The molecule has 16 heteroatoms. The summed E-state index contributed by atoms with van der Waals surface area (Å²) in [5, 5.41) is 0. The van der Waals surface area contributed by atoms with E-state index in [0.717, 1.165) is 19.3 Å². The van der Waals surface area contributed by atoms with Crippen LogP contribution in [0.2, 0.25) is 0 Å². The van der Waals surface area contributed by atoms with Crippen LogP contribution in [0.5, 0.6) is 0 Å². The summed E-state index contributed by atoms with van der Waals surface area (Å²) in [6.07, 6.45) is 2.10. The second-order valence-corrected chi connectivity index (χ2v) is 10.8. The minimum Gasteiger partial charge on any atom is -0.460 e. The molecule has 1 aliphatic rings. The first-order valence-corrected chi connectivity index (χ1v) is 13.2. The molecule has 0 aromatic rings. The molecular formula is C23H54N9O7+3. The number of carbonyl (C=O) groups excluding carboxylic acids is 1. The Morgan fingerprint density at radius 2 is 1.41 bits per heavy atom. The van der Waals surface area contributed by atoms with Crippen LogP contribution in [0.3, 0.4) is 0 Å². The molecule has 1 rings (SSSR count). The molecule has 0 amide bonds. The zero-order chi connectivity index (χ0) is 29.8. The van der Waals surface area contributed by atoms with Crippen LogP contribution in [0.25, 0.3) is 0 Å². The van der Waals surface area contributed by atoms with Crippen LogP contribution in [-0.4, -0.2) is 104 Å². The van der Waals surface area contributed by atoms with Crippen molar-refractivity contribution in [2.24, 2.45) is 41.0 Å². The van der Waals surface area contributed by atoms with E-state index in [1.54, 1.807) is 27.7 Å². The van der Waals surface area contributed by atoms with Crippen LogP contribution in [0.1, 0.15) is 40.5 Å². The lowest BCUT2D eigenvalue weighted by atomic mass is 10.1. The lowest BCUT2D eigenvalue weighted by Crippen LogP contribution is -2.92. The quantitative estimate of drug-likeness (QED) is 0.0163. The Hall–Kier alpha value is -1.35. The van der Waals surface area contributed by atoms with E-state index in [4.69, 9.17) is 63.6 Å². The highest BCUT2D eigenvalue weighted by Gasteiger charge is 2.64.